The van der Waals surface area contributed by atoms with Gasteiger partial charge in [0.2, 0.25) is 6.79 Å². The fourth-order valence-corrected chi connectivity index (χ4v) is 4.00. The van der Waals surface area contributed by atoms with E-state index < -0.39 is 0 Å². The van der Waals surface area contributed by atoms with Crippen molar-refractivity contribution < 1.29 is 19.4 Å². The van der Waals surface area contributed by atoms with Gasteiger partial charge in [-0.3, -0.25) is 9.78 Å². The number of nitrogens with zero attached hydrogens (tertiary/aromatic N) is 2. The number of hydrogen-bond acceptors (Lipinski definition) is 6. The lowest BCUT2D eigenvalue weighted by atomic mass is 10.0. The minimum Gasteiger partial charge on any atom is -0.508 e. The first-order valence-electron chi connectivity index (χ1n) is 10.6. The number of aromatic amines is 1. The number of amides is 1. The highest BCUT2D eigenvalue weighted by Gasteiger charge is 2.18. The highest BCUT2D eigenvalue weighted by atomic mass is 16.7. The molecule has 8 heteroatoms. The van der Waals surface area contributed by atoms with Crippen molar-refractivity contribution in [1.29, 1.82) is 0 Å². The largest absolute Gasteiger partial charge is 0.508 e. The smallest absolute Gasteiger partial charge is 0.257 e. The second-order valence-corrected chi connectivity index (χ2v) is 7.81. The lowest BCUT2D eigenvalue weighted by Gasteiger charge is -2.11. The average molecular weight is 450 g/mol. The number of H-pyrrole nitrogens is 1. The van der Waals surface area contributed by atoms with E-state index in [4.69, 9.17) is 9.47 Å². The number of carbonyl (C=O) groups is 1. The molecular weight excluding hydrogens is 432 g/mol. The van der Waals surface area contributed by atoms with Crippen molar-refractivity contribution in [3.8, 4) is 39.5 Å². The van der Waals surface area contributed by atoms with Crippen molar-refractivity contribution in [3.05, 3.63) is 84.9 Å². The lowest BCUT2D eigenvalue weighted by Crippen LogP contribution is -2.12. The summed E-state index contributed by atoms with van der Waals surface area (Å²) in [4.78, 5) is 25.0. The molecule has 34 heavy (non-hydrogen) atoms. The standard InChI is InChI=1S/C26H18N4O4/c31-18-4-1-15(2-5-18)17-9-20-21(12-29-25(20)28-11-17)26(32)30-22-13-27-8-7-19(22)16-3-6-23-24(10-16)34-14-33-23/h1-13,31H,14H2,(H,28,29)(H,30,32). The molecule has 1 amide bonds. The molecule has 8 nitrogen and oxygen atoms in total. The number of phenolic OH excluding ortho intramolecular Hbond substituents is 1. The fourth-order valence-electron chi connectivity index (χ4n) is 4.00. The molecule has 0 atom stereocenters. The molecule has 3 N–H and O–H groups in total. The van der Waals surface area contributed by atoms with Crippen molar-refractivity contribution in [3.63, 3.8) is 0 Å². The van der Waals surface area contributed by atoms with E-state index in [1.165, 1.54) is 0 Å². The Balaban J connectivity index is 1.34. The number of ether oxygens (including phenoxy) is 2. The molecule has 166 valence electrons. The van der Waals surface area contributed by atoms with Gasteiger partial charge < -0.3 is 24.9 Å². The zero-order chi connectivity index (χ0) is 23.1. The summed E-state index contributed by atoms with van der Waals surface area (Å²) in [6.07, 6.45) is 6.66. The van der Waals surface area contributed by atoms with Crippen LogP contribution in [0.2, 0.25) is 0 Å². The van der Waals surface area contributed by atoms with Crippen molar-refractivity contribution in [2.45, 2.75) is 0 Å². The van der Waals surface area contributed by atoms with Crippen LogP contribution in [-0.2, 0) is 0 Å². The molecule has 1 aliphatic rings. The van der Waals surface area contributed by atoms with Gasteiger partial charge in [0.15, 0.2) is 11.5 Å². The number of fused-ring (bicyclic) bond motifs is 2. The van der Waals surface area contributed by atoms with Crippen LogP contribution in [0.3, 0.4) is 0 Å². The van der Waals surface area contributed by atoms with Gasteiger partial charge in [0.1, 0.15) is 11.4 Å². The average Bonchev–Trinajstić information content (AvgIpc) is 3.51. The number of pyridine rings is 2. The maximum Gasteiger partial charge on any atom is 0.257 e. The molecule has 0 aliphatic carbocycles. The zero-order valence-electron chi connectivity index (χ0n) is 17.8. The third-order valence-electron chi connectivity index (χ3n) is 5.73. The van der Waals surface area contributed by atoms with Gasteiger partial charge >= 0.3 is 0 Å². The molecule has 3 aromatic heterocycles. The molecule has 0 unspecified atom stereocenters. The maximum atomic E-state index is 13.3. The fraction of sp³-hybridized carbons (Fsp3) is 0.0385. The topological polar surface area (TPSA) is 109 Å². The van der Waals surface area contributed by atoms with Crippen LogP contribution in [-0.4, -0.2) is 32.8 Å². The van der Waals surface area contributed by atoms with Gasteiger partial charge in [-0.1, -0.05) is 18.2 Å². The molecule has 4 heterocycles. The predicted octanol–water partition coefficient (Wildman–Crippen LogP) is 4.98. The van der Waals surface area contributed by atoms with Gasteiger partial charge in [-0.05, 0) is 47.5 Å². The maximum absolute atomic E-state index is 13.3. The van der Waals surface area contributed by atoms with Gasteiger partial charge in [-0.25, -0.2) is 4.98 Å². The molecule has 1 aliphatic heterocycles. The summed E-state index contributed by atoms with van der Waals surface area (Å²) in [7, 11) is 0. The molecule has 5 aromatic rings. The summed E-state index contributed by atoms with van der Waals surface area (Å²) in [6, 6.07) is 16.2. The van der Waals surface area contributed by atoms with Crippen LogP contribution < -0.4 is 14.8 Å². The predicted molar refractivity (Wildman–Crippen MR) is 127 cm³/mol. The first kappa shape index (κ1) is 19.8. The van der Waals surface area contributed by atoms with E-state index in [-0.39, 0.29) is 18.4 Å². The van der Waals surface area contributed by atoms with Crippen molar-refractivity contribution in [2.24, 2.45) is 0 Å². The van der Waals surface area contributed by atoms with Crippen LogP contribution in [0.15, 0.2) is 79.4 Å². The number of aromatic nitrogens is 3. The summed E-state index contributed by atoms with van der Waals surface area (Å²) in [5, 5.41) is 13.2. The molecular formula is C26H18N4O4. The van der Waals surface area contributed by atoms with Crippen LogP contribution in [0, 0.1) is 0 Å². The number of nitrogens with one attached hydrogen (secondary N) is 2. The molecule has 0 bridgehead atoms. The van der Waals surface area contributed by atoms with Crippen LogP contribution in [0.4, 0.5) is 5.69 Å². The van der Waals surface area contributed by atoms with Crippen molar-refractivity contribution in [2.75, 3.05) is 12.1 Å². The number of rotatable bonds is 4. The number of aromatic hydroxyl groups is 1. The second-order valence-electron chi connectivity index (χ2n) is 7.81. The lowest BCUT2D eigenvalue weighted by molar-refractivity contribution is 0.102. The SMILES string of the molecule is O=C(Nc1cnccc1-c1ccc2c(c1)OCO2)c1c[nH]c2ncc(-c3ccc(O)cc3)cc12. The molecule has 0 fully saturated rings. The summed E-state index contributed by atoms with van der Waals surface area (Å²) < 4.78 is 10.9. The number of benzene rings is 2. The second kappa shape index (κ2) is 7.93. The third-order valence-corrected chi connectivity index (χ3v) is 5.73. The molecule has 0 radical (unpaired) electrons. The van der Waals surface area contributed by atoms with Gasteiger partial charge in [0, 0.05) is 35.1 Å². The van der Waals surface area contributed by atoms with Crippen LogP contribution in [0.1, 0.15) is 10.4 Å². The Labute approximate surface area is 193 Å². The minimum atomic E-state index is -0.286. The summed E-state index contributed by atoms with van der Waals surface area (Å²) in [5.41, 5.74) is 5.05. The van der Waals surface area contributed by atoms with E-state index in [1.807, 2.05) is 30.3 Å². The first-order valence-corrected chi connectivity index (χ1v) is 10.6. The van der Waals surface area contributed by atoms with Crippen LogP contribution >= 0.6 is 0 Å². The zero-order valence-corrected chi connectivity index (χ0v) is 17.8. The molecule has 6 rings (SSSR count). The Morgan fingerprint density at radius 1 is 0.941 bits per heavy atom. The van der Waals surface area contributed by atoms with E-state index >= 15 is 0 Å². The normalized spacial score (nSPS) is 12.1. The summed E-state index contributed by atoms with van der Waals surface area (Å²) in [6.45, 7) is 0.194. The van der Waals surface area contributed by atoms with Crippen molar-refractivity contribution in [1.82, 2.24) is 15.0 Å². The Morgan fingerprint density at radius 3 is 2.65 bits per heavy atom. The molecule has 2 aromatic carbocycles. The molecule has 0 saturated heterocycles. The van der Waals surface area contributed by atoms with E-state index in [0.717, 1.165) is 22.3 Å². The van der Waals surface area contributed by atoms with Crippen LogP contribution in [0.25, 0.3) is 33.3 Å². The highest BCUT2D eigenvalue weighted by molar-refractivity contribution is 6.13. The summed E-state index contributed by atoms with van der Waals surface area (Å²) >= 11 is 0. The Hall–Kier alpha value is -4.85. The Kier molecular flexibility index (Phi) is 4.62. The van der Waals surface area contributed by atoms with Gasteiger partial charge in [0.05, 0.1) is 17.4 Å². The van der Waals surface area contributed by atoms with Gasteiger partial charge in [-0.15, -0.1) is 0 Å². The minimum absolute atomic E-state index is 0.189. The highest BCUT2D eigenvalue weighted by Crippen LogP contribution is 2.38. The number of phenols is 1. The summed E-state index contributed by atoms with van der Waals surface area (Å²) in [5.74, 6) is 1.26. The molecule has 0 saturated carbocycles. The number of hydrogen-bond donors (Lipinski definition) is 3. The van der Waals surface area contributed by atoms with E-state index in [0.29, 0.717) is 33.8 Å². The Bertz CT molecular complexity index is 1540. The van der Waals surface area contributed by atoms with Gasteiger partial charge in [0.25, 0.3) is 5.91 Å². The van der Waals surface area contributed by atoms with Gasteiger partial charge in [-0.2, -0.15) is 0 Å². The molecule has 0 spiro atoms. The first-order chi connectivity index (χ1) is 16.7. The van der Waals surface area contributed by atoms with E-state index in [2.05, 4.69) is 20.3 Å². The quantitative estimate of drug-likeness (QED) is 0.356. The Morgan fingerprint density at radius 2 is 1.76 bits per heavy atom. The number of carbonyl (C=O) groups excluding carboxylic acids is 1. The van der Waals surface area contributed by atoms with E-state index in [1.54, 1.807) is 49.1 Å². The van der Waals surface area contributed by atoms with E-state index in [9.17, 15) is 9.90 Å². The van der Waals surface area contributed by atoms with Crippen molar-refractivity contribution >= 4 is 22.6 Å². The monoisotopic (exact) mass is 450 g/mol. The number of anilines is 1. The third kappa shape index (κ3) is 3.47. The van der Waals surface area contributed by atoms with Crippen LogP contribution in [0.5, 0.6) is 17.2 Å².